The number of esters is 1. The number of methoxy groups -OCH3 is 4. The molecule has 0 N–H and O–H groups in total. The van der Waals surface area contributed by atoms with E-state index < -0.39 is 29.8 Å². The molecule has 0 unspecified atom stereocenters. The third-order valence-corrected chi connectivity index (χ3v) is 5.56. The summed E-state index contributed by atoms with van der Waals surface area (Å²) in [6.07, 6.45) is 0.176. The Morgan fingerprint density at radius 2 is 1.96 bits per heavy atom. The first-order valence-corrected chi connectivity index (χ1v) is 8.61. The normalized spacial score (nSPS) is 29.4. The third kappa shape index (κ3) is 2.24. The number of rotatable bonds is 4. The van der Waals surface area contributed by atoms with Crippen molar-refractivity contribution < 1.29 is 38.2 Å². The molecule has 1 aromatic rings. The molecule has 3 heterocycles. The summed E-state index contributed by atoms with van der Waals surface area (Å²) in [4.78, 5) is 43.9. The van der Waals surface area contributed by atoms with E-state index in [-0.39, 0.29) is 11.6 Å². The van der Waals surface area contributed by atoms with Gasteiger partial charge < -0.3 is 23.7 Å². The van der Waals surface area contributed by atoms with Gasteiger partial charge in [0.2, 0.25) is 5.79 Å². The lowest BCUT2D eigenvalue weighted by Crippen LogP contribution is -2.60. The van der Waals surface area contributed by atoms with E-state index in [1.54, 1.807) is 6.07 Å². The minimum Gasteiger partial charge on any atom is -0.496 e. The second-order valence-electron chi connectivity index (χ2n) is 6.68. The average Bonchev–Trinajstić information content (AvgIpc) is 3.47. The molecule has 4 rings (SSSR count). The van der Waals surface area contributed by atoms with Crippen LogP contribution in [0, 0.1) is 0 Å². The first-order chi connectivity index (χ1) is 13.5. The zero-order chi connectivity index (χ0) is 20.2. The smallest absolute Gasteiger partial charge is 0.410 e. The van der Waals surface area contributed by atoms with Crippen molar-refractivity contribution in [3.05, 3.63) is 23.3 Å². The quantitative estimate of drug-likeness (QED) is 0.416. The molecule has 0 saturated carbocycles. The number of carbonyl (C=O) groups excluding carboxylic acids is 3. The number of amides is 1. The Morgan fingerprint density at radius 1 is 1.21 bits per heavy atom. The Bertz CT molecular complexity index is 858. The summed E-state index contributed by atoms with van der Waals surface area (Å²) in [7, 11) is 5.43. The number of aldehydes is 1. The number of ether oxygens (including phenoxy) is 4. The van der Waals surface area contributed by atoms with E-state index >= 15 is 0 Å². The zero-order valence-corrected chi connectivity index (χ0v) is 15.8. The number of anilines is 1. The number of fused-ring (bicyclic) bond motifs is 6. The highest BCUT2D eigenvalue weighted by atomic mass is 16.8. The number of benzene rings is 1. The van der Waals surface area contributed by atoms with Crippen LogP contribution in [-0.4, -0.2) is 76.1 Å². The van der Waals surface area contributed by atoms with E-state index in [1.165, 1.54) is 44.5 Å². The van der Waals surface area contributed by atoms with E-state index in [0.717, 1.165) is 0 Å². The number of hydrogen-bond acceptors (Lipinski definition) is 9. The van der Waals surface area contributed by atoms with E-state index in [1.807, 2.05) is 0 Å². The van der Waals surface area contributed by atoms with Gasteiger partial charge >= 0.3 is 12.1 Å². The van der Waals surface area contributed by atoms with Gasteiger partial charge in [0.15, 0.2) is 0 Å². The predicted molar refractivity (Wildman–Crippen MR) is 93.1 cm³/mol. The molecule has 2 saturated heterocycles. The first-order valence-electron chi connectivity index (χ1n) is 8.61. The molecule has 2 bridgehead atoms. The molecular weight excluding hydrogens is 372 g/mol. The summed E-state index contributed by atoms with van der Waals surface area (Å²) in [6, 6.07) is 2.33. The third-order valence-electron chi connectivity index (χ3n) is 5.56. The Morgan fingerprint density at radius 3 is 2.54 bits per heavy atom. The van der Waals surface area contributed by atoms with Crippen molar-refractivity contribution in [3.63, 3.8) is 0 Å². The van der Waals surface area contributed by atoms with Gasteiger partial charge in [-0.3, -0.25) is 4.90 Å². The molecule has 1 amide bonds. The van der Waals surface area contributed by atoms with Gasteiger partial charge in [-0.05, 0) is 12.1 Å². The summed E-state index contributed by atoms with van der Waals surface area (Å²) in [5, 5.41) is 1.53. The SMILES string of the molecule is COC(=O)c1cc(OC)c2c(c1)N1C[C@H]3[C@H](N3C(=O)OC)[C@](OC)(O1)[C@@H]2C=O. The highest BCUT2D eigenvalue weighted by molar-refractivity contribution is 5.93. The summed E-state index contributed by atoms with van der Waals surface area (Å²) < 4.78 is 20.8. The van der Waals surface area contributed by atoms with E-state index in [9.17, 15) is 14.4 Å². The van der Waals surface area contributed by atoms with Gasteiger partial charge in [0.05, 0.1) is 45.2 Å². The van der Waals surface area contributed by atoms with E-state index in [0.29, 0.717) is 29.8 Å². The molecule has 0 spiro atoms. The van der Waals surface area contributed by atoms with Gasteiger partial charge in [-0.2, -0.15) is 0 Å². The first kappa shape index (κ1) is 18.5. The largest absolute Gasteiger partial charge is 0.496 e. The minimum absolute atomic E-state index is 0.249. The van der Waals surface area contributed by atoms with Crippen molar-refractivity contribution >= 4 is 24.0 Å². The van der Waals surface area contributed by atoms with Crippen molar-refractivity contribution in [1.29, 1.82) is 0 Å². The van der Waals surface area contributed by atoms with Crippen LogP contribution in [0.15, 0.2) is 12.1 Å². The minimum atomic E-state index is -1.42. The lowest BCUT2D eigenvalue weighted by molar-refractivity contribution is -0.256. The summed E-state index contributed by atoms with van der Waals surface area (Å²) in [5.74, 6) is -2.54. The molecular formula is C18H20N2O8. The van der Waals surface area contributed by atoms with Gasteiger partial charge in [-0.25, -0.2) is 19.5 Å². The number of carbonyl (C=O) groups is 3. The Hall–Kier alpha value is -2.85. The van der Waals surface area contributed by atoms with Gasteiger partial charge in [0.1, 0.15) is 24.0 Å². The summed E-state index contributed by atoms with van der Waals surface area (Å²) in [6.45, 7) is 0.317. The van der Waals surface area contributed by atoms with Crippen LogP contribution in [0.1, 0.15) is 21.8 Å². The van der Waals surface area contributed by atoms with Gasteiger partial charge in [-0.15, -0.1) is 0 Å². The Kier molecular flexibility index (Phi) is 4.20. The van der Waals surface area contributed by atoms with Crippen molar-refractivity contribution in [2.45, 2.75) is 23.8 Å². The lowest BCUT2D eigenvalue weighted by Gasteiger charge is -2.48. The van der Waals surface area contributed by atoms with Crippen LogP contribution in [-0.2, 0) is 23.8 Å². The van der Waals surface area contributed by atoms with Crippen LogP contribution in [0.5, 0.6) is 5.75 Å². The topological polar surface area (TPSA) is 104 Å². The monoisotopic (exact) mass is 392 g/mol. The van der Waals surface area contributed by atoms with Crippen LogP contribution in [0.4, 0.5) is 10.5 Å². The highest BCUT2D eigenvalue weighted by Gasteiger charge is 2.73. The molecule has 2 fully saturated rings. The molecule has 150 valence electrons. The van der Waals surface area contributed by atoms with Crippen molar-refractivity contribution in [3.8, 4) is 5.75 Å². The fourth-order valence-electron chi connectivity index (χ4n) is 4.29. The molecule has 1 aromatic carbocycles. The van der Waals surface area contributed by atoms with Crippen LogP contribution in [0.3, 0.4) is 0 Å². The summed E-state index contributed by atoms with van der Waals surface area (Å²) in [5.41, 5.74) is 1.26. The molecule has 10 heteroatoms. The second kappa shape index (κ2) is 6.35. The number of nitrogens with zero attached hydrogens (tertiary/aromatic N) is 2. The molecule has 3 aliphatic heterocycles. The molecule has 4 atom stereocenters. The Labute approximate surface area is 160 Å². The fraction of sp³-hybridized carbons (Fsp3) is 0.500. The molecule has 28 heavy (non-hydrogen) atoms. The maximum absolute atomic E-state index is 12.2. The predicted octanol–water partition coefficient (Wildman–Crippen LogP) is 0.691. The van der Waals surface area contributed by atoms with Crippen LogP contribution < -0.4 is 9.80 Å². The Balaban J connectivity index is 1.89. The zero-order valence-electron chi connectivity index (χ0n) is 15.8. The van der Waals surface area contributed by atoms with Gasteiger partial charge in [0.25, 0.3) is 0 Å². The van der Waals surface area contributed by atoms with E-state index in [2.05, 4.69) is 0 Å². The van der Waals surface area contributed by atoms with Gasteiger partial charge in [0, 0.05) is 12.7 Å². The van der Waals surface area contributed by atoms with Crippen molar-refractivity contribution in [2.24, 2.45) is 0 Å². The van der Waals surface area contributed by atoms with Crippen molar-refractivity contribution in [2.75, 3.05) is 40.0 Å². The number of hydrogen-bond donors (Lipinski definition) is 0. The van der Waals surface area contributed by atoms with Gasteiger partial charge in [-0.1, -0.05) is 0 Å². The molecule has 0 aromatic heterocycles. The van der Waals surface area contributed by atoms with Crippen molar-refractivity contribution in [1.82, 2.24) is 4.90 Å². The number of hydroxylamine groups is 1. The second-order valence-corrected chi connectivity index (χ2v) is 6.68. The molecule has 3 aliphatic rings. The average molecular weight is 392 g/mol. The standard InChI is InChI=1S/C18H20N2O8/c1-24-13-6-9(16(22)25-2)5-11-14(13)10(8-21)18(27-4)15-12(7-19(11)28-18)20(15)17(23)26-3/h5-6,8,10,12,15H,7H2,1-4H3/t10-,12+,15+,18-,20?/m1/s1. The lowest BCUT2D eigenvalue weighted by atomic mass is 9.83. The molecule has 0 aliphatic carbocycles. The van der Waals surface area contributed by atoms with Crippen LogP contribution >= 0.6 is 0 Å². The van der Waals surface area contributed by atoms with Crippen LogP contribution in [0.25, 0.3) is 0 Å². The molecule has 10 nitrogen and oxygen atoms in total. The highest BCUT2D eigenvalue weighted by Crippen LogP contribution is 2.57. The van der Waals surface area contributed by atoms with Crippen LogP contribution in [0.2, 0.25) is 0 Å². The fourth-order valence-corrected chi connectivity index (χ4v) is 4.29. The maximum atomic E-state index is 12.2. The molecule has 0 radical (unpaired) electrons. The van der Waals surface area contributed by atoms with E-state index in [4.69, 9.17) is 23.8 Å². The maximum Gasteiger partial charge on any atom is 0.410 e. The summed E-state index contributed by atoms with van der Waals surface area (Å²) >= 11 is 0.